The Morgan fingerprint density at radius 2 is 2.10 bits per heavy atom. The van der Waals surface area contributed by atoms with Crippen LogP contribution in [0.4, 0.5) is 0 Å². The Labute approximate surface area is 130 Å². The number of nitrogens with zero attached hydrogens (tertiary/aromatic N) is 1. The number of benzene rings is 1. The minimum Gasteiger partial charge on any atom is -0.491 e. The predicted octanol–water partition coefficient (Wildman–Crippen LogP) is 3.42. The van der Waals surface area contributed by atoms with E-state index in [9.17, 15) is 0 Å². The quantitative estimate of drug-likeness (QED) is 0.734. The highest BCUT2D eigenvalue weighted by Gasteiger charge is 2.11. The lowest BCUT2D eigenvalue weighted by Gasteiger charge is -2.16. The standard InChI is InChI=1S/C16H25BrN2O/c1-2-7-18-13-14-5-6-16(15(17)12-14)20-11-10-19-8-3-4-9-19/h5-6,12,18H,2-4,7-11,13H2,1H3. The lowest BCUT2D eigenvalue weighted by atomic mass is 10.2. The van der Waals surface area contributed by atoms with Crippen LogP contribution in [0.25, 0.3) is 0 Å². The monoisotopic (exact) mass is 340 g/mol. The Balaban J connectivity index is 1.76. The molecule has 0 radical (unpaired) electrons. The van der Waals surface area contributed by atoms with Crippen LogP contribution in [0.1, 0.15) is 31.7 Å². The summed E-state index contributed by atoms with van der Waals surface area (Å²) in [6.07, 6.45) is 3.84. The van der Waals surface area contributed by atoms with Crippen LogP contribution in [-0.2, 0) is 6.54 Å². The minimum absolute atomic E-state index is 0.770. The molecule has 1 heterocycles. The number of halogens is 1. The fourth-order valence-electron chi connectivity index (χ4n) is 2.47. The van der Waals surface area contributed by atoms with Gasteiger partial charge in [0.1, 0.15) is 12.4 Å². The summed E-state index contributed by atoms with van der Waals surface area (Å²) in [7, 11) is 0. The molecule has 0 bridgehead atoms. The number of rotatable bonds is 8. The molecule has 1 fully saturated rings. The molecule has 0 spiro atoms. The van der Waals surface area contributed by atoms with Crippen LogP contribution in [0.2, 0.25) is 0 Å². The first-order valence-corrected chi connectivity index (χ1v) is 8.43. The highest BCUT2D eigenvalue weighted by Crippen LogP contribution is 2.26. The fourth-order valence-corrected chi connectivity index (χ4v) is 3.01. The summed E-state index contributed by atoms with van der Waals surface area (Å²) < 4.78 is 6.92. The van der Waals surface area contributed by atoms with E-state index < -0.39 is 0 Å². The molecule has 1 saturated heterocycles. The molecule has 0 aromatic heterocycles. The third-order valence-corrected chi connectivity index (χ3v) is 4.24. The SMILES string of the molecule is CCCNCc1ccc(OCCN2CCCC2)c(Br)c1. The van der Waals surface area contributed by atoms with Crippen LogP contribution in [0.3, 0.4) is 0 Å². The molecular formula is C16H25BrN2O. The normalized spacial score (nSPS) is 15.7. The molecule has 1 aliphatic heterocycles. The van der Waals surface area contributed by atoms with Gasteiger partial charge in [-0.25, -0.2) is 0 Å². The first-order valence-electron chi connectivity index (χ1n) is 7.64. The van der Waals surface area contributed by atoms with Gasteiger partial charge in [0.25, 0.3) is 0 Å². The van der Waals surface area contributed by atoms with Crippen LogP contribution in [0, 0.1) is 0 Å². The lowest BCUT2D eigenvalue weighted by molar-refractivity contribution is 0.237. The number of likely N-dealkylation sites (tertiary alicyclic amines) is 1. The van der Waals surface area contributed by atoms with E-state index in [1.807, 2.05) is 0 Å². The van der Waals surface area contributed by atoms with Crippen molar-refractivity contribution in [3.8, 4) is 5.75 Å². The zero-order valence-corrected chi connectivity index (χ0v) is 13.9. The van der Waals surface area contributed by atoms with Crippen molar-refractivity contribution in [2.75, 3.05) is 32.8 Å². The maximum Gasteiger partial charge on any atom is 0.133 e. The van der Waals surface area contributed by atoms with Crippen LogP contribution in [0.15, 0.2) is 22.7 Å². The molecule has 1 aromatic carbocycles. The third-order valence-electron chi connectivity index (χ3n) is 3.62. The van der Waals surface area contributed by atoms with Gasteiger partial charge in [0.05, 0.1) is 4.47 Å². The van der Waals surface area contributed by atoms with E-state index in [0.717, 1.165) is 36.5 Å². The second-order valence-corrected chi connectivity index (χ2v) is 6.19. The van der Waals surface area contributed by atoms with Gasteiger partial charge in [0.2, 0.25) is 0 Å². The molecule has 1 aliphatic rings. The average Bonchev–Trinajstić information content (AvgIpc) is 2.95. The Morgan fingerprint density at radius 3 is 2.80 bits per heavy atom. The first-order chi connectivity index (χ1) is 9.79. The van der Waals surface area contributed by atoms with E-state index in [4.69, 9.17) is 4.74 Å². The van der Waals surface area contributed by atoms with Gasteiger partial charge in [-0.05, 0) is 72.5 Å². The second-order valence-electron chi connectivity index (χ2n) is 5.34. The number of ether oxygens (including phenoxy) is 1. The van der Waals surface area contributed by atoms with E-state index in [0.29, 0.717) is 0 Å². The molecule has 1 N–H and O–H groups in total. The van der Waals surface area contributed by atoms with Crippen LogP contribution in [-0.4, -0.2) is 37.7 Å². The largest absolute Gasteiger partial charge is 0.491 e. The molecule has 0 amide bonds. The van der Waals surface area contributed by atoms with Gasteiger partial charge in [-0.2, -0.15) is 0 Å². The Morgan fingerprint density at radius 1 is 1.30 bits per heavy atom. The molecule has 0 atom stereocenters. The molecule has 1 aromatic rings. The molecule has 20 heavy (non-hydrogen) atoms. The number of hydrogen-bond donors (Lipinski definition) is 1. The summed E-state index contributed by atoms with van der Waals surface area (Å²) in [6.45, 7) is 8.42. The average molecular weight is 341 g/mol. The van der Waals surface area contributed by atoms with Gasteiger partial charge < -0.3 is 10.1 Å². The zero-order chi connectivity index (χ0) is 14.2. The number of hydrogen-bond acceptors (Lipinski definition) is 3. The van der Waals surface area contributed by atoms with Crippen molar-refractivity contribution in [2.24, 2.45) is 0 Å². The summed E-state index contributed by atoms with van der Waals surface area (Å²) >= 11 is 3.60. The van der Waals surface area contributed by atoms with Crippen molar-refractivity contribution in [2.45, 2.75) is 32.7 Å². The Kier molecular flexibility index (Phi) is 6.83. The summed E-state index contributed by atoms with van der Waals surface area (Å²) in [5.41, 5.74) is 1.29. The molecule has 112 valence electrons. The van der Waals surface area contributed by atoms with Crippen LogP contribution in [0.5, 0.6) is 5.75 Å². The molecule has 0 unspecified atom stereocenters. The second kappa shape index (κ2) is 8.65. The van der Waals surface area contributed by atoms with Crippen molar-refractivity contribution in [3.05, 3.63) is 28.2 Å². The van der Waals surface area contributed by atoms with Gasteiger partial charge in [-0.15, -0.1) is 0 Å². The fraction of sp³-hybridized carbons (Fsp3) is 0.625. The zero-order valence-electron chi connectivity index (χ0n) is 12.3. The maximum absolute atomic E-state index is 5.87. The summed E-state index contributed by atoms with van der Waals surface area (Å²) in [5, 5.41) is 3.41. The maximum atomic E-state index is 5.87. The van der Waals surface area contributed by atoms with Crippen LogP contribution >= 0.6 is 15.9 Å². The van der Waals surface area contributed by atoms with Gasteiger partial charge >= 0.3 is 0 Å². The topological polar surface area (TPSA) is 24.5 Å². The van der Waals surface area contributed by atoms with Crippen molar-refractivity contribution in [1.29, 1.82) is 0 Å². The molecule has 3 nitrogen and oxygen atoms in total. The van der Waals surface area contributed by atoms with E-state index in [-0.39, 0.29) is 0 Å². The highest BCUT2D eigenvalue weighted by molar-refractivity contribution is 9.10. The number of nitrogens with one attached hydrogen (secondary N) is 1. The minimum atomic E-state index is 0.770. The molecule has 2 rings (SSSR count). The molecule has 0 aliphatic carbocycles. The van der Waals surface area contributed by atoms with E-state index in [1.165, 1.54) is 37.9 Å². The Bertz CT molecular complexity index is 405. The smallest absolute Gasteiger partial charge is 0.133 e. The van der Waals surface area contributed by atoms with Gasteiger partial charge in [-0.1, -0.05) is 13.0 Å². The molecular weight excluding hydrogens is 316 g/mol. The third kappa shape index (κ3) is 5.08. The van der Waals surface area contributed by atoms with E-state index in [2.05, 4.69) is 51.3 Å². The van der Waals surface area contributed by atoms with Crippen molar-refractivity contribution in [1.82, 2.24) is 10.2 Å². The van der Waals surface area contributed by atoms with E-state index >= 15 is 0 Å². The summed E-state index contributed by atoms with van der Waals surface area (Å²) in [4.78, 5) is 2.47. The van der Waals surface area contributed by atoms with Crippen LogP contribution < -0.4 is 10.1 Å². The first kappa shape index (κ1) is 15.8. The van der Waals surface area contributed by atoms with Crippen molar-refractivity contribution < 1.29 is 4.74 Å². The highest BCUT2D eigenvalue weighted by atomic mass is 79.9. The van der Waals surface area contributed by atoms with Gasteiger partial charge in [0.15, 0.2) is 0 Å². The molecule has 0 saturated carbocycles. The van der Waals surface area contributed by atoms with Gasteiger partial charge in [-0.3, -0.25) is 4.90 Å². The van der Waals surface area contributed by atoms with Crippen molar-refractivity contribution >= 4 is 15.9 Å². The lowest BCUT2D eigenvalue weighted by Crippen LogP contribution is -2.25. The van der Waals surface area contributed by atoms with Gasteiger partial charge in [0, 0.05) is 13.1 Å². The van der Waals surface area contributed by atoms with E-state index in [1.54, 1.807) is 0 Å². The Hall–Kier alpha value is -0.580. The predicted molar refractivity (Wildman–Crippen MR) is 87.3 cm³/mol. The summed E-state index contributed by atoms with van der Waals surface area (Å²) in [6, 6.07) is 6.35. The molecule has 4 heteroatoms. The summed E-state index contributed by atoms with van der Waals surface area (Å²) in [5.74, 6) is 0.948. The van der Waals surface area contributed by atoms with Crippen molar-refractivity contribution in [3.63, 3.8) is 0 Å².